The summed E-state index contributed by atoms with van der Waals surface area (Å²) in [6.07, 6.45) is 0. The SMILES string of the molecule is Cl.[2H]C([2H])([2H])c1cccc(Nc2ccccc2C(=O)O)c1C. The molecule has 0 heterocycles. The van der Waals surface area contributed by atoms with Gasteiger partial charge in [-0.25, -0.2) is 4.79 Å². The molecule has 0 aliphatic rings. The number of carbonyl (C=O) groups is 1. The summed E-state index contributed by atoms with van der Waals surface area (Å²) in [5.74, 6) is -1.04. The Morgan fingerprint density at radius 3 is 2.53 bits per heavy atom. The average Bonchev–Trinajstić information content (AvgIpc) is 2.40. The van der Waals surface area contributed by atoms with Crippen molar-refractivity contribution in [2.45, 2.75) is 13.8 Å². The maximum atomic E-state index is 11.2. The van der Waals surface area contributed by atoms with Crippen LogP contribution in [0.25, 0.3) is 0 Å². The minimum absolute atomic E-state index is 0. The molecule has 2 rings (SSSR count). The summed E-state index contributed by atoms with van der Waals surface area (Å²) >= 11 is 0. The summed E-state index contributed by atoms with van der Waals surface area (Å²) in [5, 5.41) is 12.2. The molecule has 0 aliphatic carbocycles. The zero-order chi connectivity index (χ0) is 15.6. The van der Waals surface area contributed by atoms with Crippen molar-refractivity contribution in [1.29, 1.82) is 0 Å². The van der Waals surface area contributed by atoms with E-state index in [1.165, 1.54) is 6.07 Å². The second-order valence-corrected chi connectivity index (χ2v) is 3.95. The lowest BCUT2D eigenvalue weighted by molar-refractivity contribution is 0.0698. The number of aryl methyl sites for hydroxylation is 1. The van der Waals surface area contributed by atoms with Crippen LogP contribution in [-0.2, 0) is 0 Å². The van der Waals surface area contributed by atoms with Crippen LogP contribution in [-0.4, -0.2) is 11.1 Å². The molecular weight excluding hydrogens is 262 g/mol. The van der Waals surface area contributed by atoms with E-state index in [1.54, 1.807) is 43.3 Å². The Morgan fingerprint density at radius 1 is 1.16 bits per heavy atom. The van der Waals surface area contributed by atoms with E-state index < -0.39 is 12.8 Å². The summed E-state index contributed by atoms with van der Waals surface area (Å²) in [5.41, 5.74) is 1.97. The van der Waals surface area contributed by atoms with E-state index in [9.17, 15) is 4.79 Å². The summed E-state index contributed by atoms with van der Waals surface area (Å²) in [4.78, 5) is 11.2. The maximum Gasteiger partial charge on any atom is 0.337 e. The van der Waals surface area contributed by atoms with Gasteiger partial charge < -0.3 is 10.4 Å². The third-order valence-corrected chi connectivity index (χ3v) is 2.76. The Morgan fingerprint density at radius 2 is 1.84 bits per heavy atom. The zero-order valence-electron chi connectivity index (χ0n) is 13.3. The Bertz CT molecular complexity index is 687. The number of carboxylic acids is 1. The molecule has 19 heavy (non-hydrogen) atoms. The predicted octanol–water partition coefficient (Wildman–Crippen LogP) is 4.17. The van der Waals surface area contributed by atoms with Crippen LogP contribution in [0.5, 0.6) is 0 Å². The number of nitrogens with one attached hydrogen (secondary N) is 1. The molecule has 0 radical (unpaired) electrons. The second kappa shape index (κ2) is 6.25. The minimum Gasteiger partial charge on any atom is -0.478 e. The molecule has 0 saturated carbocycles. The molecule has 0 amide bonds. The molecule has 0 atom stereocenters. The Hall–Kier alpha value is -2.00. The normalized spacial score (nSPS) is 12.6. The molecule has 0 spiro atoms. The van der Waals surface area contributed by atoms with Gasteiger partial charge in [0.25, 0.3) is 0 Å². The maximum absolute atomic E-state index is 11.2. The molecule has 100 valence electrons. The fraction of sp³-hybridized carbons (Fsp3) is 0.133. The van der Waals surface area contributed by atoms with Crippen molar-refractivity contribution in [2.24, 2.45) is 0 Å². The Balaban J connectivity index is 0.00000242. The molecule has 0 aliphatic heterocycles. The first-order valence-corrected chi connectivity index (χ1v) is 5.50. The average molecular weight is 281 g/mol. The lowest BCUT2D eigenvalue weighted by Gasteiger charge is -2.13. The first-order valence-electron chi connectivity index (χ1n) is 7.00. The van der Waals surface area contributed by atoms with Gasteiger partial charge in [-0.3, -0.25) is 0 Å². The first kappa shape index (κ1) is 10.9. The lowest BCUT2D eigenvalue weighted by atomic mass is 10.1. The van der Waals surface area contributed by atoms with Crippen LogP contribution in [0.4, 0.5) is 11.4 Å². The van der Waals surface area contributed by atoms with Crippen molar-refractivity contribution in [3.05, 3.63) is 59.2 Å². The highest BCUT2D eigenvalue weighted by Crippen LogP contribution is 2.25. The molecule has 0 unspecified atom stereocenters. The smallest absolute Gasteiger partial charge is 0.337 e. The van der Waals surface area contributed by atoms with Gasteiger partial charge in [-0.2, -0.15) is 0 Å². The van der Waals surface area contributed by atoms with Gasteiger partial charge in [0.15, 0.2) is 0 Å². The van der Waals surface area contributed by atoms with E-state index in [0.717, 1.165) is 0 Å². The molecule has 2 aromatic carbocycles. The quantitative estimate of drug-likeness (QED) is 0.887. The van der Waals surface area contributed by atoms with Gasteiger partial charge in [-0.05, 0) is 43.1 Å². The summed E-state index contributed by atoms with van der Waals surface area (Å²) in [6, 6.07) is 11.4. The largest absolute Gasteiger partial charge is 0.478 e. The van der Waals surface area contributed by atoms with Crippen molar-refractivity contribution in [3.63, 3.8) is 0 Å². The van der Waals surface area contributed by atoms with E-state index in [2.05, 4.69) is 5.32 Å². The molecule has 3 nitrogen and oxygen atoms in total. The van der Waals surface area contributed by atoms with Gasteiger partial charge in [0.1, 0.15) is 0 Å². The molecule has 2 N–H and O–H groups in total. The van der Waals surface area contributed by atoms with E-state index in [-0.39, 0.29) is 23.5 Å². The number of hydrogen-bond acceptors (Lipinski definition) is 2. The Labute approximate surface area is 122 Å². The van der Waals surface area contributed by atoms with E-state index in [0.29, 0.717) is 16.9 Å². The number of hydrogen-bond donors (Lipinski definition) is 2. The number of para-hydroxylation sites is 1. The zero-order valence-corrected chi connectivity index (χ0v) is 11.1. The molecule has 4 heteroatoms. The van der Waals surface area contributed by atoms with Crippen LogP contribution in [0.15, 0.2) is 42.5 Å². The van der Waals surface area contributed by atoms with Crippen LogP contribution in [0.2, 0.25) is 0 Å². The highest BCUT2D eigenvalue weighted by atomic mass is 35.5. The minimum atomic E-state index is -2.20. The topological polar surface area (TPSA) is 49.3 Å². The van der Waals surface area contributed by atoms with Crippen LogP contribution >= 0.6 is 12.4 Å². The molecule has 2 aromatic rings. The second-order valence-electron chi connectivity index (χ2n) is 3.95. The van der Waals surface area contributed by atoms with E-state index >= 15 is 0 Å². The predicted molar refractivity (Wildman–Crippen MR) is 79.8 cm³/mol. The van der Waals surface area contributed by atoms with Gasteiger partial charge in [0.2, 0.25) is 0 Å². The van der Waals surface area contributed by atoms with Gasteiger partial charge in [0.05, 0.1) is 11.3 Å². The third-order valence-electron chi connectivity index (χ3n) is 2.76. The van der Waals surface area contributed by atoms with E-state index in [1.807, 2.05) is 0 Å². The molecule has 0 fully saturated rings. The van der Waals surface area contributed by atoms with Gasteiger partial charge in [-0.1, -0.05) is 24.3 Å². The van der Waals surface area contributed by atoms with Gasteiger partial charge >= 0.3 is 5.97 Å². The standard InChI is InChI=1S/C15H15NO2.ClH/c1-10-6-5-9-13(11(10)2)16-14-8-4-3-7-12(14)15(17)18;/h3-9,16H,1-2H3,(H,17,18);1H/i1D3;. The molecule has 0 bridgehead atoms. The van der Waals surface area contributed by atoms with E-state index in [4.69, 9.17) is 9.22 Å². The van der Waals surface area contributed by atoms with Crippen molar-refractivity contribution >= 4 is 29.8 Å². The molecular formula is C15H16ClNO2. The first-order chi connectivity index (χ1) is 9.80. The summed E-state index contributed by atoms with van der Waals surface area (Å²) in [7, 11) is 0. The van der Waals surface area contributed by atoms with Gasteiger partial charge in [0, 0.05) is 9.80 Å². The highest BCUT2D eigenvalue weighted by Gasteiger charge is 2.10. The highest BCUT2D eigenvalue weighted by molar-refractivity contribution is 5.95. The number of carboxylic acid groups (broad SMARTS) is 1. The molecule has 0 saturated heterocycles. The number of benzene rings is 2. The Kier molecular flexibility index (Phi) is 3.58. The van der Waals surface area contributed by atoms with Crippen molar-refractivity contribution in [2.75, 3.05) is 5.32 Å². The van der Waals surface area contributed by atoms with Crippen LogP contribution in [0.3, 0.4) is 0 Å². The number of halogens is 1. The lowest BCUT2D eigenvalue weighted by Crippen LogP contribution is -2.03. The summed E-state index contributed by atoms with van der Waals surface area (Å²) in [6.45, 7) is -0.499. The fourth-order valence-corrected chi connectivity index (χ4v) is 1.69. The fourth-order valence-electron chi connectivity index (χ4n) is 1.69. The van der Waals surface area contributed by atoms with Crippen molar-refractivity contribution < 1.29 is 14.0 Å². The van der Waals surface area contributed by atoms with Crippen molar-refractivity contribution in [3.8, 4) is 0 Å². The van der Waals surface area contributed by atoms with Crippen LogP contribution in [0.1, 0.15) is 25.6 Å². The number of aromatic carboxylic acids is 1. The number of anilines is 2. The monoisotopic (exact) mass is 280 g/mol. The number of rotatable bonds is 3. The van der Waals surface area contributed by atoms with Crippen LogP contribution in [0, 0.1) is 13.8 Å². The van der Waals surface area contributed by atoms with Gasteiger partial charge in [-0.15, -0.1) is 12.4 Å². The summed E-state index contributed by atoms with van der Waals surface area (Å²) < 4.78 is 22.5. The van der Waals surface area contributed by atoms with Crippen molar-refractivity contribution in [1.82, 2.24) is 0 Å². The van der Waals surface area contributed by atoms with Crippen LogP contribution < -0.4 is 5.32 Å². The third kappa shape index (κ3) is 3.26. The molecule has 0 aromatic heterocycles.